The minimum Gasteiger partial charge on any atom is -0.489 e. The van der Waals surface area contributed by atoms with Crippen molar-refractivity contribution in [2.45, 2.75) is 45.1 Å². The van der Waals surface area contributed by atoms with E-state index in [1.54, 1.807) is 18.7 Å². The Balaban J connectivity index is 2.21. The summed E-state index contributed by atoms with van der Waals surface area (Å²) in [5.74, 6) is 1.17. The second-order valence-electron chi connectivity index (χ2n) is 5.50. The Morgan fingerprint density at radius 1 is 1.17 bits per heavy atom. The number of ether oxygens (including phenoxy) is 2. The fourth-order valence-corrected chi connectivity index (χ4v) is 3.10. The Hall–Kier alpha value is -1.94. The van der Waals surface area contributed by atoms with Crippen molar-refractivity contribution < 1.29 is 14.3 Å². The van der Waals surface area contributed by atoms with E-state index >= 15 is 0 Å². The molecule has 0 heterocycles. The fourth-order valence-electron chi connectivity index (χ4n) is 2.48. The lowest BCUT2D eigenvalue weighted by molar-refractivity contribution is -0.134. The first kappa shape index (κ1) is 18.4. The summed E-state index contributed by atoms with van der Waals surface area (Å²) in [6, 6.07) is 11.9. The van der Waals surface area contributed by atoms with Crippen LogP contribution in [0.15, 0.2) is 41.3 Å². The first-order valence-electron chi connectivity index (χ1n) is 8.17. The van der Waals surface area contributed by atoms with Crippen LogP contribution in [0.25, 0.3) is 0 Å². The van der Waals surface area contributed by atoms with Crippen molar-refractivity contribution >= 4 is 17.7 Å². The average Bonchev–Trinajstić information content (AvgIpc) is 2.60. The quantitative estimate of drug-likeness (QED) is 0.394. The van der Waals surface area contributed by atoms with E-state index in [9.17, 15) is 4.79 Å². The van der Waals surface area contributed by atoms with Crippen LogP contribution in [0.4, 0.5) is 0 Å². The Kier molecular flexibility index (Phi) is 6.73. The van der Waals surface area contributed by atoms with Crippen LogP contribution < -0.4 is 9.47 Å². The second-order valence-corrected chi connectivity index (χ2v) is 6.34. The van der Waals surface area contributed by atoms with Crippen molar-refractivity contribution in [3.8, 4) is 11.5 Å². The van der Waals surface area contributed by atoms with E-state index in [-0.39, 0.29) is 5.97 Å². The lowest BCUT2D eigenvalue weighted by Gasteiger charge is -2.15. The number of hydrogen-bond acceptors (Lipinski definition) is 4. The van der Waals surface area contributed by atoms with Crippen LogP contribution in [-0.2, 0) is 17.8 Å². The van der Waals surface area contributed by atoms with Gasteiger partial charge < -0.3 is 9.47 Å². The average molecular weight is 344 g/mol. The molecule has 2 aromatic carbocycles. The van der Waals surface area contributed by atoms with Gasteiger partial charge in [0, 0.05) is 16.9 Å². The van der Waals surface area contributed by atoms with Crippen LogP contribution >= 0.6 is 11.8 Å². The molecule has 4 heteroatoms. The van der Waals surface area contributed by atoms with Crippen LogP contribution in [0.1, 0.15) is 37.0 Å². The first-order valence-corrected chi connectivity index (χ1v) is 9.40. The third-order valence-electron chi connectivity index (χ3n) is 3.90. The van der Waals surface area contributed by atoms with Gasteiger partial charge in [-0.3, -0.25) is 4.79 Å². The zero-order valence-electron chi connectivity index (χ0n) is 14.7. The van der Waals surface area contributed by atoms with E-state index in [2.05, 4.69) is 26.0 Å². The number of hydrogen-bond donors (Lipinski definition) is 0. The SMILES string of the molecule is CCC(=O)Oc1cccc(SC)c1COc1ccc(CC)c(C)c1. The van der Waals surface area contributed by atoms with E-state index in [4.69, 9.17) is 9.47 Å². The molecule has 2 rings (SSSR count). The molecule has 2 aromatic rings. The summed E-state index contributed by atoms with van der Waals surface area (Å²) in [6.45, 7) is 6.39. The van der Waals surface area contributed by atoms with E-state index in [1.165, 1.54) is 11.1 Å². The topological polar surface area (TPSA) is 35.5 Å². The maximum atomic E-state index is 11.7. The van der Waals surface area contributed by atoms with Gasteiger partial charge in [-0.2, -0.15) is 0 Å². The van der Waals surface area contributed by atoms with Gasteiger partial charge in [0.15, 0.2) is 0 Å². The number of esters is 1. The van der Waals surface area contributed by atoms with Gasteiger partial charge >= 0.3 is 5.97 Å². The predicted octanol–water partition coefficient (Wildman–Crippen LogP) is 5.17. The van der Waals surface area contributed by atoms with Gasteiger partial charge in [-0.25, -0.2) is 0 Å². The molecule has 3 nitrogen and oxygen atoms in total. The summed E-state index contributed by atoms with van der Waals surface area (Å²) >= 11 is 1.62. The maximum Gasteiger partial charge on any atom is 0.310 e. The normalized spacial score (nSPS) is 10.5. The number of carbonyl (C=O) groups excluding carboxylic acids is 1. The molecule has 0 radical (unpaired) electrons. The molecular weight excluding hydrogens is 320 g/mol. The van der Waals surface area contributed by atoms with Gasteiger partial charge in [0.25, 0.3) is 0 Å². The molecule has 0 N–H and O–H groups in total. The molecule has 0 aliphatic carbocycles. The highest BCUT2D eigenvalue weighted by molar-refractivity contribution is 7.98. The summed E-state index contributed by atoms with van der Waals surface area (Å²) in [5, 5.41) is 0. The van der Waals surface area contributed by atoms with Crippen LogP contribution in [0.5, 0.6) is 11.5 Å². The Morgan fingerprint density at radius 2 is 1.96 bits per heavy atom. The number of carbonyl (C=O) groups is 1. The molecule has 0 aliphatic rings. The van der Waals surface area contributed by atoms with E-state index in [0.29, 0.717) is 18.8 Å². The molecule has 0 fully saturated rings. The fraction of sp³-hybridized carbons (Fsp3) is 0.350. The Bertz CT molecular complexity index is 710. The molecule has 0 aromatic heterocycles. The van der Waals surface area contributed by atoms with Crippen LogP contribution in [0.3, 0.4) is 0 Å². The molecule has 0 atom stereocenters. The summed E-state index contributed by atoms with van der Waals surface area (Å²) in [6.07, 6.45) is 3.37. The smallest absolute Gasteiger partial charge is 0.310 e. The van der Waals surface area contributed by atoms with Gasteiger partial charge in [0.05, 0.1) is 0 Å². The van der Waals surface area contributed by atoms with E-state index in [1.807, 2.05) is 30.5 Å². The predicted molar refractivity (Wildman–Crippen MR) is 99.0 cm³/mol. The van der Waals surface area contributed by atoms with E-state index in [0.717, 1.165) is 22.6 Å². The zero-order chi connectivity index (χ0) is 17.5. The Labute approximate surface area is 148 Å². The number of thioether (sulfide) groups is 1. The minimum atomic E-state index is -0.238. The van der Waals surface area contributed by atoms with Crippen LogP contribution in [0.2, 0.25) is 0 Å². The largest absolute Gasteiger partial charge is 0.489 e. The summed E-state index contributed by atoms with van der Waals surface area (Å²) in [5.41, 5.74) is 3.46. The van der Waals surface area contributed by atoms with Crippen molar-refractivity contribution in [1.82, 2.24) is 0 Å². The van der Waals surface area contributed by atoms with Crippen LogP contribution in [-0.4, -0.2) is 12.2 Å². The van der Waals surface area contributed by atoms with Gasteiger partial charge in [0.2, 0.25) is 0 Å². The summed E-state index contributed by atoms with van der Waals surface area (Å²) in [7, 11) is 0. The number of aryl methyl sites for hydroxylation is 2. The highest BCUT2D eigenvalue weighted by Gasteiger charge is 2.13. The van der Waals surface area contributed by atoms with Crippen molar-refractivity contribution in [2.75, 3.05) is 6.26 Å². The summed E-state index contributed by atoms with van der Waals surface area (Å²) in [4.78, 5) is 12.7. The molecule has 0 aliphatic heterocycles. The molecule has 0 bridgehead atoms. The van der Waals surface area contributed by atoms with E-state index < -0.39 is 0 Å². The van der Waals surface area contributed by atoms with Gasteiger partial charge in [-0.05, 0) is 55.0 Å². The van der Waals surface area contributed by atoms with Crippen molar-refractivity contribution in [3.05, 3.63) is 53.1 Å². The molecule has 128 valence electrons. The molecular formula is C20H24O3S. The third kappa shape index (κ3) is 4.54. The van der Waals surface area contributed by atoms with Gasteiger partial charge in [0.1, 0.15) is 18.1 Å². The second kappa shape index (κ2) is 8.78. The molecule has 0 unspecified atom stereocenters. The molecule has 0 amide bonds. The standard InChI is InChI=1S/C20H24O3S/c1-5-15-10-11-16(12-14(15)3)22-13-17-18(23-20(21)6-2)8-7-9-19(17)24-4/h7-12H,5-6,13H2,1-4H3. The first-order chi connectivity index (χ1) is 11.6. The number of benzene rings is 2. The van der Waals surface area contributed by atoms with Crippen LogP contribution in [0, 0.1) is 6.92 Å². The lowest BCUT2D eigenvalue weighted by Crippen LogP contribution is -2.09. The third-order valence-corrected chi connectivity index (χ3v) is 4.72. The molecule has 24 heavy (non-hydrogen) atoms. The molecule has 0 spiro atoms. The van der Waals surface area contributed by atoms with Gasteiger partial charge in [-0.1, -0.05) is 26.0 Å². The van der Waals surface area contributed by atoms with Gasteiger partial charge in [-0.15, -0.1) is 11.8 Å². The van der Waals surface area contributed by atoms with Crippen molar-refractivity contribution in [2.24, 2.45) is 0 Å². The lowest BCUT2D eigenvalue weighted by atomic mass is 10.1. The highest BCUT2D eigenvalue weighted by atomic mass is 32.2. The number of rotatable bonds is 7. The Morgan fingerprint density at radius 3 is 2.58 bits per heavy atom. The molecule has 0 saturated carbocycles. The van der Waals surface area contributed by atoms with Crippen molar-refractivity contribution in [3.63, 3.8) is 0 Å². The summed E-state index contributed by atoms with van der Waals surface area (Å²) < 4.78 is 11.4. The zero-order valence-corrected chi connectivity index (χ0v) is 15.5. The molecule has 0 saturated heterocycles. The van der Waals surface area contributed by atoms with Crippen molar-refractivity contribution in [1.29, 1.82) is 0 Å². The highest BCUT2D eigenvalue weighted by Crippen LogP contribution is 2.30. The minimum absolute atomic E-state index is 0.238. The monoisotopic (exact) mass is 344 g/mol. The maximum absolute atomic E-state index is 11.7.